The molecule has 1 atom stereocenters. The molecule has 1 aliphatic rings. The Hall–Kier alpha value is -3.74. The van der Waals surface area contributed by atoms with Crippen LogP contribution in [0.1, 0.15) is 27.8 Å². The van der Waals surface area contributed by atoms with Crippen molar-refractivity contribution in [2.75, 3.05) is 31.5 Å². The van der Waals surface area contributed by atoms with E-state index in [0.717, 1.165) is 11.3 Å². The van der Waals surface area contributed by atoms with E-state index in [-0.39, 0.29) is 5.91 Å². The van der Waals surface area contributed by atoms with Crippen LogP contribution in [0.25, 0.3) is 0 Å². The standard InChI is InChI=1S/C23H23N3O4/c1-14-7-9-16(10-8-14)26-22(20-17(23(26)27)6-5-11-24-20)25-15-12-18(28-2)21(30-4)19(13-15)29-3/h5-13,22,25H,1-4H3/t22-/m1/s1. The van der Waals surface area contributed by atoms with Crippen LogP contribution in [-0.4, -0.2) is 32.2 Å². The predicted octanol–water partition coefficient (Wildman–Crippen LogP) is 4.19. The van der Waals surface area contributed by atoms with Crippen LogP contribution >= 0.6 is 0 Å². The molecular formula is C23H23N3O4. The first kappa shape index (κ1) is 19.6. The summed E-state index contributed by atoms with van der Waals surface area (Å²) in [5.74, 6) is 1.44. The third-order valence-corrected chi connectivity index (χ3v) is 5.09. The van der Waals surface area contributed by atoms with E-state index in [1.165, 1.54) is 0 Å². The number of aromatic nitrogens is 1. The molecule has 30 heavy (non-hydrogen) atoms. The van der Waals surface area contributed by atoms with Gasteiger partial charge in [0.1, 0.15) is 0 Å². The first-order valence-electron chi connectivity index (χ1n) is 9.49. The minimum atomic E-state index is -0.487. The van der Waals surface area contributed by atoms with E-state index < -0.39 is 6.17 Å². The second kappa shape index (κ2) is 7.94. The highest BCUT2D eigenvalue weighted by atomic mass is 16.5. The average molecular weight is 405 g/mol. The van der Waals surface area contributed by atoms with Crippen molar-refractivity contribution in [2.24, 2.45) is 0 Å². The summed E-state index contributed by atoms with van der Waals surface area (Å²) >= 11 is 0. The molecule has 4 rings (SSSR count). The molecule has 2 heterocycles. The van der Waals surface area contributed by atoms with Crippen molar-refractivity contribution in [2.45, 2.75) is 13.1 Å². The Bertz CT molecular complexity index is 1060. The molecule has 0 unspecified atom stereocenters. The number of methoxy groups -OCH3 is 3. The fourth-order valence-corrected chi connectivity index (χ4v) is 3.61. The lowest BCUT2D eigenvalue weighted by atomic mass is 10.2. The van der Waals surface area contributed by atoms with E-state index in [1.54, 1.807) is 56.7 Å². The number of pyridine rings is 1. The van der Waals surface area contributed by atoms with Gasteiger partial charge in [0.15, 0.2) is 17.7 Å². The van der Waals surface area contributed by atoms with Crippen molar-refractivity contribution in [3.8, 4) is 17.2 Å². The molecule has 0 bridgehead atoms. The van der Waals surface area contributed by atoms with Crippen molar-refractivity contribution in [1.29, 1.82) is 0 Å². The van der Waals surface area contributed by atoms with Crippen LogP contribution in [0.3, 0.4) is 0 Å². The van der Waals surface area contributed by atoms with Gasteiger partial charge < -0.3 is 19.5 Å². The summed E-state index contributed by atoms with van der Waals surface area (Å²) < 4.78 is 16.3. The van der Waals surface area contributed by atoms with Gasteiger partial charge in [-0.3, -0.25) is 14.7 Å². The summed E-state index contributed by atoms with van der Waals surface area (Å²) in [4.78, 5) is 19.4. The molecule has 1 aliphatic heterocycles. The van der Waals surface area contributed by atoms with E-state index in [1.807, 2.05) is 31.2 Å². The number of fused-ring (bicyclic) bond motifs is 1. The fraction of sp³-hybridized carbons (Fsp3) is 0.217. The van der Waals surface area contributed by atoms with Gasteiger partial charge in [-0.1, -0.05) is 17.7 Å². The second-order valence-electron chi connectivity index (χ2n) is 6.91. The summed E-state index contributed by atoms with van der Waals surface area (Å²) in [5.41, 5.74) is 3.85. The molecule has 0 saturated heterocycles. The van der Waals surface area contributed by atoms with Gasteiger partial charge in [0.2, 0.25) is 5.75 Å². The minimum absolute atomic E-state index is 0.105. The SMILES string of the molecule is COc1cc(N[C@H]2c3ncccc3C(=O)N2c2ccc(C)cc2)cc(OC)c1OC. The quantitative estimate of drug-likeness (QED) is 0.663. The molecule has 0 radical (unpaired) electrons. The number of benzene rings is 2. The van der Waals surface area contributed by atoms with E-state index in [4.69, 9.17) is 14.2 Å². The molecule has 1 amide bonds. The molecule has 0 fully saturated rings. The molecule has 3 aromatic rings. The molecule has 0 spiro atoms. The average Bonchev–Trinajstić information content (AvgIpc) is 3.05. The van der Waals surface area contributed by atoms with Crippen LogP contribution in [0, 0.1) is 6.92 Å². The molecule has 2 aromatic carbocycles. The highest BCUT2D eigenvalue weighted by Gasteiger charge is 2.39. The zero-order chi connectivity index (χ0) is 21.3. The summed E-state index contributed by atoms with van der Waals surface area (Å²) in [6.45, 7) is 2.01. The Morgan fingerprint density at radius 3 is 2.23 bits per heavy atom. The van der Waals surface area contributed by atoms with Crippen molar-refractivity contribution in [1.82, 2.24) is 4.98 Å². The molecular weight excluding hydrogens is 382 g/mol. The van der Waals surface area contributed by atoms with Gasteiger partial charge in [0.05, 0.1) is 32.6 Å². The molecule has 0 aliphatic carbocycles. The third-order valence-electron chi connectivity index (χ3n) is 5.09. The Labute approximate surface area is 175 Å². The lowest BCUT2D eigenvalue weighted by Gasteiger charge is -2.27. The van der Waals surface area contributed by atoms with E-state index in [2.05, 4.69) is 10.3 Å². The van der Waals surface area contributed by atoms with Crippen molar-refractivity contribution >= 4 is 17.3 Å². The largest absolute Gasteiger partial charge is 0.493 e. The normalized spacial score (nSPS) is 15.0. The number of hydrogen-bond acceptors (Lipinski definition) is 6. The van der Waals surface area contributed by atoms with Gasteiger partial charge in [0, 0.05) is 29.7 Å². The number of carbonyl (C=O) groups is 1. The Morgan fingerprint density at radius 2 is 1.63 bits per heavy atom. The Balaban J connectivity index is 1.79. The first-order valence-corrected chi connectivity index (χ1v) is 9.49. The maximum atomic E-state index is 13.2. The topological polar surface area (TPSA) is 72.9 Å². The number of hydrogen-bond donors (Lipinski definition) is 1. The number of nitrogens with zero attached hydrogens (tertiary/aromatic N) is 2. The number of carbonyl (C=O) groups excluding carboxylic acids is 1. The number of amides is 1. The lowest BCUT2D eigenvalue weighted by molar-refractivity contribution is 0.0993. The van der Waals surface area contributed by atoms with E-state index in [9.17, 15) is 4.79 Å². The van der Waals surface area contributed by atoms with Crippen LogP contribution in [-0.2, 0) is 0 Å². The van der Waals surface area contributed by atoms with Crippen molar-refractivity contribution in [3.63, 3.8) is 0 Å². The van der Waals surface area contributed by atoms with Gasteiger partial charge >= 0.3 is 0 Å². The van der Waals surface area contributed by atoms with Crippen molar-refractivity contribution < 1.29 is 19.0 Å². The third kappa shape index (κ3) is 3.28. The number of rotatable bonds is 6. The van der Waals surface area contributed by atoms with Crippen LogP contribution < -0.4 is 24.4 Å². The molecule has 1 aromatic heterocycles. The molecule has 154 valence electrons. The number of nitrogens with one attached hydrogen (secondary N) is 1. The zero-order valence-electron chi connectivity index (χ0n) is 17.3. The molecule has 7 nitrogen and oxygen atoms in total. The molecule has 7 heteroatoms. The van der Waals surface area contributed by atoms with E-state index >= 15 is 0 Å². The monoisotopic (exact) mass is 405 g/mol. The zero-order valence-corrected chi connectivity index (χ0v) is 17.3. The summed E-state index contributed by atoms with van der Waals surface area (Å²) in [5, 5.41) is 3.42. The van der Waals surface area contributed by atoms with Crippen LogP contribution in [0.15, 0.2) is 54.7 Å². The highest BCUT2D eigenvalue weighted by Crippen LogP contribution is 2.42. The van der Waals surface area contributed by atoms with Gasteiger partial charge in [0.25, 0.3) is 5.91 Å². The van der Waals surface area contributed by atoms with Crippen LogP contribution in [0.2, 0.25) is 0 Å². The summed E-state index contributed by atoms with van der Waals surface area (Å²) in [7, 11) is 4.69. The fourth-order valence-electron chi connectivity index (χ4n) is 3.61. The maximum Gasteiger partial charge on any atom is 0.262 e. The Morgan fingerprint density at radius 1 is 0.967 bits per heavy atom. The van der Waals surface area contributed by atoms with E-state index in [0.29, 0.717) is 34.2 Å². The summed E-state index contributed by atoms with van der Waals surface area (Å²) in [6, 6.07) is 15.0. The minimum Gasteiger partial charge on any atom is -0.493 e. The number of ether oxygens (including phenoxy) is 3. The predicted molar refractivity (Wildman–Crippen MR) is 115 cm³/mol. The van der Waals surface area contributed by atoms with Gasteiger partial charge in [-0.05, 0) is 31.2 Å². The lowest BCUT2D eigenvalue weighted by Crippen LogP contribution is -2.32. The Kier molecular flexibility index (Phi) is 5.18. The summed E-state index contributed by atoms with van der Waals surface area (Å²) in [6.07, 6.45) is 1.20. The van der Waals surface area contributed by atoms with Gasteiger partial charge in [-0.15, -0.1) is 0 Å². The van der Waals surface area contributed by atoms with Gasteiger partial charge in [-0.25, -0.2) is 0 Å². The smallest absolute Gasteiger partial charge is 0.262 e. The number of aryl methyl sites for hydroxylation is 1. The van der Waals surface area contributed by atoms with Crippen molar-refractivity contribution in [3.05, 3.63) is 71.5 Å². The van der Waals surface area contributed by atoms with Crippen LogP contribution in [0.4, 0.5) is 11.4 Å². The van der Waals surface area contributed by atoms with Gasteiger partial charge in [-0.2, -0.15) is 0 Å². The maximum absolute atomic E-state index is 13.2. The molecule has 0 saturated carbocycles. The number of anilines is 2. The first-order chi connectivity index (χ1) is 14.6. The molecule has 1 N–H and O–H groups in total. The van der Waals surface area contributed by atoms with Crippen LogP contribution in [0.5, 0.6) is 17.2 Å². The highest BCUT2D eigenvalue weighted by molar-refractivity contribution is 6.11. The second-order valence-corrected chi connectivity index (χ2v) is 6.91.